The van der Waals surface area contributed by atoms with Crippen LogP contribution in [0.3, 0.4) is 0 Å². The number of nitrogen functional groups attached to an aromatic ring is 1. The Kier molecular flexibility index (Phi) is 5.52. The Bertz CT molecular complexity index is 738. The average Bonchev–Trinajstić information content (AvgIpc) is 2.50. The topological polar surface area (TPSA) is 96.5 Å². The van der Waals surface area contributed by atoms with Crippen LogP contribution >= 0.6 is 15.9 Å². The summed E-state index contributed by atoms with van der Waals surface area (Å²) in [6.07, 6.45) is 1.43. The fraction of sp³-hybridized carbons (Fsp3) is 0.214. The smallest absolute Gasteiger partial charge is 0.247 e. The van der Waals surface area contributed by atoms with Crippen LogP contribution in [-0.4, -0.2) is 36.0 Å². The molecule has 22 heavy (non-hydrogen) atoms. The lowest BCUT2D eigenvalue weighted by Crippen LogP contribution is -2.33. The number of pyridine rings is 1. The number of aliphatic hydroxyl groups is 1. The zero-order valence-corrected chi connectivity index (χ0v) is 14.1. The van der Waals surface area contributed by atoms with Crippen LogP contribution in [-0.2, 0) is 16.6 Å². The Labute approximate surface area is 137 Å². The van der Waals surface area contributed by atoms with Gasteiger partial charge in [0.25, 0.3) is 0 Å². The number of hydrogen-bond acceptors (Lipinski definition) is 5. The van der Waals surface area contributed by atoms with Crippen molar-refractivity contribution < 1.29 is 13.5 Å². The third kappa shape index (κ3) is 3.83. The summed E-state index contributed by atoms with van der Waals surface area (Å²) in [5.74, 6) is -0.0702. The van der Waals surface area contributed by atoms with Crippen molar-refractivity contribution in [3.05, 3.63) is 52.6 Å². The summed E-state index contributed by atoms with van der Waals surface area (Å²) < 4.78 is 27.2. The van der Waals surface area contributed by atoms with Crippen molar-refractivity contribution in [1.82, 2.24) is 9.29 Å². The Balaban J connectivity index is 2.39. The summed E-state index contributed by atoms with van der Waals surface area (Å²) in [4.78, 5) is 3.78. The van der Waals surface area contributed by atoms with E-state index in [-0.39, 0.29) is 30.4 Å². The Morgan fingerprint density at radius 1 is 1.27 bits per heavy atom. The molecule has 0 spiro atoms. The lowest BCUT2D eigenvalue weighted by molar-refractivity contribution is 0.251. The van der Waals surface area contributed by atoms with Gasteiger partial charge in [0.15, 0.2) is 0 Å². The van der Waals surface area contributed by atoms with E-state index >= 15 is 0 Å². The summed E-state index contributed by atoms with van der Waals surface area (Å²) in [5.41, 5.74) is 6.52. The molecule has 1 aromatic heterocycles. The minimum Gasteiger partial charge on any atom is -0.395 e. The van der Waals surface area contributed by atoms with Crippen molar-refractivity contribution in [1.29, 1.82) is 0 Å². The maximum absolute atomic E-state index is 12.8. The standard InChI is InChI=1S/C14H16BrN3O3S/c15-12-8-13(14(16)17-9-12)22(20,21)18(6-7-19)10-11-4-2-1-3-5-11/h1-5,8-9,19H,6-7,10H2,(H2,16,17). The first-order chi connectivity index (χ1) is 10.4. The monoisotopic (exact) mass is 385 g/mol. The molecule has 0 fully saturated rings. The lowest BCUT2D eigenvalue weighted by atomic mass is 10.2. The van der Waals surface area contributed by atoms with Gasteiger partial charge in [-0.05, 0) is 27.6 Å². The molecule has 0 saturated heterocycles. The van der Waals surface area contributed by atoms with Crippen LogP contribution in [0.2, 0.25) is 0 Å². The number of sulfonamides is 1. The predicted octanol–water partition coefficient (Wildman–Crippen LogP) is 1.61. The van der Waals surface area contributed by atoms with Crippen LogP contribution < -0.4 is 5.73 Å². The first-order valence-corrected chi connectivity index (χ1v) is 8.74. The van der Waals surface area contributed by atoms with Gasteiger partial charge in [0, 0.05) is 23.8 Å². The van der Waals surface area contributed by atoms with E-state index < -0.39 is 10.0 Å². The summed E-state index contributed by atoms with van der Waals surface area (Å²) in [7, 11) is -3.86. The summed E-state index contributed by atoms with van der Waals surface area (Å²) in [6, 6.07) is 10.6. The molecule has 0 atom stereocenters. The van der Waals surface area contributed by atoms with Gasteiger partial charge in [-0.3, -0.25) is 0 Å². The first kappa shape index (κ1) is 16.9. The van der Waals surface area contributed by atoms with Gasteiger partial charge < -0.3 is 10.8 Å². The average molecular weight is 386 g/mol. The zero-order valence-electron chi connectivity index (χ0n) is 11.7. The van der Waals surface area contributed by atoms with E-state index in [9.17, 15) is 13.5 Å². The molecule has 0 bridgehead atoms. The molecule has 8 heteroatoms. The molecule has 0 aliphatic heterocycles. The predicted molar refractivity (Wildman–Crippen MR) is 87.5 cm³/mol. The van der Waals surface area contributed by atoms with E-state index in [4.69, 9.17) is 5.73 Å². The van der Waals surface area contributed by atoms with Crippen LogP contribution in [0.15, 0.2) is 52.0 Å². The number of aromatic nitrogens is 1. The summed E-state index contributed by atoms with van der Waals surface area (Å²) in [6.45, 7) is -0.160. The number of benzene rings is 1. The van der Waals surface area contributed by atoms with Gasteiger partial charge >= 0.3 is 0 Å². The zero-order chi connectivity index (χ0) is 16.2. The summed E-state index contributed by atoms with van der Waals surface area (Å²) in [5, 5.41) is 9.19. The highest BCUT2D eigenvalue weighted by Crippen LogP contribution is 2.25. The number of aliphatic hydroxyl groups excluding tert-OH is 1. The molecule has 0 aliphatic carbocycles. The minimum atomic E-state index is -3.86. The van der Waals surface area contributed by atoms with E-state index in [2.05, 4.69) is 20.9 Å². The van der Waals surface area contributed by atoms with Crippen molar-refractivity contribution in [3.63, 3.8) is 0 Å². The molecule has 1 aromatic carbocycles. The Morgan fingerprint density at radius 2 is 1.95 bits per heavy atom. The minimum absolute atomic E-state index is 0.0246. The van der Waals surface area contributed by atoms with Crippen molar-refractivity contribution in [3.8, 4) is 0 Å². The fourth-order valence-corrected chi connectivity index (χ4v) is 3.95. The number of hydrogen-bond donors (Lipinski definition) is 2. The largest absolute Gasteiger partial charge is 0.395 e. The van der Waals surface area contributed by atoms with Crippen molar-refractivity contribution in [2.75, 3.05) is 18.9 Å². The van der Waals surface area contributed by atoms with Crippen LogP contribution in [0, 0.1) is 0 Å². The van der Waals surface area contributed by atoms with E-state index in [0.29, 0.717) is 4.47 Å². The lowest BCUT2D eigenvalue weighted by Gasteiger charge is -2.22. The van der Waals surface area contributed by atoms with Crippen LogP contribution in [0.4, 0.5) is 5.82 Å². The van der Waals surface area contributed by atoms with Gasteiger partial charge in [-0.2, -0.15) is 4.31 Å². The molecular weight excluding hydrogens is 370 g/mol. The third-order valence-electron chi connectivity index (χ3n) is 3.02. The maximum atomic E-state index is 12.8. The molecule has 0 aliphatic rings. The van der Waals surface area contributed by atoms with Gasteiger partial charge in [-0.25, -0.2) is 13.4 Å². The number of rotatable bonds is 6. The molecule has 1 heterocycles. The quantitative estimate of drug-likeness (QED) is 0.786. The molecule has 0 amide bonds. The molecule has 6 nitrogen and oxygen atoms in total. The van der Waals surface area contributed by atoms with Gasteiger partial charge in [0.2, 0.25) is 10.0 Å². The second kappa shape index (κ2) is 7.19. The molecule has 0 radical (unpaired) electrons. The number of anilines is 1. The SMILES string of the molecule is Nc1ncc(Br)cc1S(=O)(=O)N(CCO)Cc1ccccc1. The molecular formula is C14H16BrN3O3S. The highest BCUT2D eigenvalue weighted by molar-refractivity contribution is 9.10. The second-order valence-electron chi connectivity index (χ2n) is 4.58. The summed E-state index contributed by atoms with van der Waals surface area (Å²) >= 11 is 3.19. The molecule has 2 aromatic rings. The van der Waals surface area contributed by atoms with Crippen molar-refractivity contribution in [2.45, 2.75) is 11.4 Å². The van der Waals surface area contributed by atoms with Crippen molar-refractivity contribution >= 4 is 31.8 Å². The van der Waals surface area contributed by atoms with Crippen molar-refractivity contribution in [2.24, 2.45) is 0 Å². The van der Waals surface area contributed by atoms with Crippen LogP contribution in [0.1, 0.15) is 5.56 Å². The maximum Gasteiger partial charge on any atom is 0.247 e. The highest BCUT2D eigenvalue weighted by Gasteiger charge is 2.27. The fourth-order valence-electron chi connectivity index (χ4n) is 1.96. The van der Waals surface area contributed by atoms with E-state index in [1.807, 2.05) is 30.3 Å². The number of nitrogens with zero attached hydrogens (tertiary/aromatic N) is 2. The molecule has 0 saturated carbocycles. The van der Waals surface area contributed by atoms with E-state index in [1.165, 1.54) is 16.6 Å². The molecule has 118 valence electrons. The molecule has 0 unspecified atom stereocenters. The Morgan fingerprint density at radius 3 is 2.59 bits per heavy atom. The molecule has 2 rings (SSSR count). The van der Waals surface area contributed by atoms with Gasteiger partial charge in [-0.15, -0.1) is 0 Å². The van der Waals surface area contributed by atoms with E-state index in [0.717, 1.165) is 5.56 Å². The van der Waals surface area contributed by atoms with Crippen LogP contribution in [0.25, 0.3) is 0 Å². The van der Waals surface area contributed by atoms with E-state index in [1.54, 1.807) is 0 Å². The number of halogens is 1. The van der Waals surface area contributed by atoms with Gasteiger partial charge in [-0.1, -0.05) is 30.3 Å². The molecule has 3 N–H and O–H groups in total. The van der Waals surface area contributed by atoms with Crippen LogP contribution in [0.5, 0.6) is 0 Å². The number of nitrogens with two attached hydrogens (primary N) is 1. The van der Waals surface area contributed by atoms with Gasteiger partial charge in [0.1, 0.15) is 10.7 Å². The first-order valence-electron chi connectivity index (χ1n) is 6.51. The third-order valence-corrected chi connectivity index (χ3v) is 5.33. The van der Waals surface area contributed by atoms with Gasteiger partial charge in [0.05, 0.1) is 6.61 Å². The highest BCUT2D eigenvalue weighted by atomic mass is 79.9. The second-order valence-corrected chi connectivity index (χ2v) is 7.41. The normalized spacial score (nSPS) is 11.8. The Hall–Kier alpha value is -1.48.